The molecule has 0 aromatic heterocycles. The van der Waals surface area contributed by atoms with Crippen LogP contribution < -0.4 is 0 Å². The first-order valence-electron chi connectivity index (χ1n) is 8.17. The molecule has 2 aromatic rings. The number of benzene rings is 2. The Morgan fingerprint density at radius 2 is 1.92 bits per heavy atom. The van der Waals surface area contributed by atoms with E-state index in [1.54, 1.807) is 12.1 Å². The number of hydrogen-bond donors (Lipinski definition) is 0. The van der Waals surface area contributed by atoms with E-state index in [4.69, 9.17) is 0 Å². The summed E-state index contributed by atoms with van der Waals surface area (Å²) >= 11 is 0. The van der Waals surface area contributed by atoms with Crippen molar-refractivity contribution in [2.24, 2.45) is 11.0 Å². The first-order valence-corrected chi connectivity index (χ1v) is 8.17. The molecule has 0 saturated heterocycles. The molecule has 0 radical (unpaired) electrons. The standard InChI is InChI=1S/C19H19N3O3/c1-13(2)19(23)21-18(14-7-4-3-5-8-14)12-17(20-21)15-9-6-10-16(11-15)22(24)25/h3-11,13,18H,12H2,1-2H3/t18-/m0/s1. The van der Waals surface area contributed by atoms with Gasteiger partial charge in [0.15, 0.2) is 0 Å². The van der Waals surface area contributed by atoms with Gasteiger partial charge in [0.25, 0.3) is 5.69 Å². The molecule has 3 rings (SSSR count). The zero-order chi connectivity index (χ0) is 18.0. The zero-order valence-corrected chi connectivity index (χ0v) is 14.1. The Balaban J connectivity index is 1.98. The van der Waals surface area contributed by atoms with E-state index in [1.165, 1.54) is 17.1 Å². The molecule has 0 fully saturated rings. The Kier molecular flexibility index (Phi) is 4.61. The van der Waals surface area contributed by atoms with Gasteiger partial charge in [-0.25, -0.2) is 5.01 Å². The fraction of sp³-hybridized carbons (Fsp3) is 0.263. The molecule has 1 atom stereocenters. The lowest BCUT2D eigenvalue weighted by molar-refractivity contribution is -0.384. The van der Waals surface area contributed by atoms with Gasteiger partial charge < -0.3 is 0 Å². The molecule has 0 bridgehead atoms. The van der Waals surface area contributed by atoms with Crippen molar-refractivity contribution < 1.29 is 9.72 Å². The van der Waals surface area contributed by atoms with Gasteiger partial charge in [-0.3, -0.25) is 14.9 Å². The molecular formula is C19H19N3O3. The molecule has 6 nitrogen and oxygen atoms in total. The minimum absolute atomic E-state index is 0.0186. The highest BCUT2D eigenvalue weighted by Crippen LogP contribution is 2.34. The van der Waals surface area contributed by atoms with Crippen LogP contribution in [0.25, 0.3) is 0 Å². The van der Waals surface area contributed by atoms with Crippen molar-refractivity contribution in [2.75, 3.05) is 0 Å². The van der Waals surface area contributed by atoms with Crippen LogP contribution in [0, 0.1) is 16.0 Å². The Bertz CT molecular complexity index is 831. The number of carbonyl (C=O) groups is 1. The average molecular weight is 337 g/mol. The molecule has 2 aromatic carbocycles. The third kappa shape index (κ3) is 3.42. The fourth-order valence-corrected chi connectivity index (χ4v) is 2.89. The summed E-state index contributed by atoms with van der Waals surface area (Å²) in [7, 11) is 0. The number of non-ortho nitro benzene ring substituents is 1. The van der Waals surface area contributed by atoms with E-state index in [0.717, 1.165) is 5.56 Å². The van der Waals surface area contributed by atoms with Crippen molar-refractivity contribution in [2.45, 2.75) is 26.3 Å². The van der Waals surface area contributed by atoms with Crippen LogP contribution in [-0.4, -0.2) is 21.6 Å². The Morgan fingerprint density at radius 3 is 2.56 bits per heavy atom. The van der Waals surface area contributed by atoms with Crippen LogP contribution >= 0.6 is 0 Å². The maximum Gasteiger partial charge on any atom is 0.270 e. The number of amides is 1. The van der Waals surface area contributed by atoms with Crippen molar-refractivity contribution in [1.82, 2.24) is 5.01 Å². The summed E-state index contributed by atoms with van der Waals surface area (Å²) in [6.07, 6.45) is 0.531. The van der Waals surface area contributed by atoms with E-state index in [-0.39, 0.29) is 23.6 Å². The summed E-state index contributed by atoms with van der Waals surface area (Å²) in [5.74, 6) is -0.242. The molecule has 0 aliphatic carbocycles. The van der Waals surface area contributed by atoms with Crippen LogP contribution in [0.5, 0.6) is 0 Å². The van der Waals surface area contributed by atoms with Crippen molar-refractivity contribution in [3.63, 3.8) is 0 Å². The molecule has 6 heteroatoms. The average Bonchev–Trinajstić information content (AvgIpc) is 3.07. The van der Waals surface area contributed by atoms with Crippen LogP contribution in [0.1, 0.15) is 37.4 Å². The normalized spacial score (nSPS) is 16.8. The third-order valence-electron chi connectivity index (χ3n) is 4.20. The maximum absolute atomic E-state index is 12.6. The number of hydrogen-bond acceptors (Lipinski definition) is 4. The topological polar surface area (TPSA) is 75.8 Å². The van der Waals surface area contributed by atoms with Crippen molar-refractivity contribution in [3.05, 3.63) is 75.8 Å². The van der Waals surface area contributed by atoms with Crippen LogP contribution in [-0.2, 0) is 4.79 Å². The molecule has 1 aliphatic rings. The second-order valence-electron chi connectivity index (χ2n) is 6.32. The molecule has 1 amide bonds. The minimum Gasteiger partial charge on any atom is -0.273 e. The van der Waals surface area contributed by atoms with E-state index < -0.39 is 4.92 Å². The summed E-state index contributed by atoms with van der Waals surface area (Å²) in [5, 5.41) is 17.1. The molecule has 1 aliphatic heterocycles. The smallest absolute Gasteiger partial charge is 0.270 e. The fourth-order valence-electron chi connectivity index (χ4n) is 2.89. The quantitative estimate of drug-likeness (QED) is 0.626. The molecule has 0 unspecified atom stereocenters. The van der Waals surface area contributed by atoms with Gasteiger partial charge in [-0.05, 0) is 5.56 Å². The molecule has 0 N–H and O–H groups in total. The van der Waals surface area contributed by atoms with Gasteiger partial charge in [-0.1, -0.05) is 56.3 Å². The summed E-state index contributed by atoms with van der Waals surface area (Å²) in [5.41, 5.74) is 2.38. The highest BCUT2D eigenvalue weighted by atomic mass is 16.6. The SMILES string of the molecule is CC(C)C(=O)N1N=C(c2cccc([N+](=O)[O-])c2)C[C@H]1c1ccccc1. The van der Waals surface area contributed by atoms with E-state index in [9.17, 15) is 14.9 Å². The predicted molar refractivity (Wildman–Crippen MR) is 95.1 cm³/mol. The van der Waals surface area contributed by atoms with E-state index in [1.807, 2.05) is 44.2 Å². The Morgan fingerprint density at radius 1 is 1.20 bits per heavy atom. The van der Waals surface area contributed by atoms with Gasteiger partial charge in [0, 0.05) is 30.0 Å². The summed E-state index contributed by atoms with van der Waals surface area (Å²) in [6.45, 7) is 3.68. The Hall–Kier alpha value is -3.02. The largest absolute Gasteiger partial charge is 0.273 e. The zero-order valence-electron chi connectivity index (χ0n) is 14.1. The van der Waals surface area contributed by atoms with Gasteiger partial charge in [0.05, 0.1) is 16.7 Å². The number of hydrazone groups is 1. The van der Waals surface area contributed by atoms with Crippen LogP contribution in [0.4, 0.5) is 5.69 Å². The maximum atomic E-state index is 12.6. The summed E-state index contributed by atoms with van der Waals surface area (Å²) < 4.78 is 0. The summed E-state index contributed by atoms with van der Waals surface area (Å²) in [6, 6.07) is 15.9. The molecule has 1 heterocycles. The number of nitrogens with zero attached hydrogens (tertiary/aromatic N) is 3. The van der Waals surface area contributed by atoms with Crippen molar-refractivity contribution in [3.8, 4) is 0 Å². The molecular weight excluding hydrogens is 318 g/mol. The molecule has 0 saturated carbocycles. The third-order valence-corrected chi connectivity index (χ3v) is 4.20. The Labute approximate surface area is 145 Å². The lowest BCUT2D eigenvalue weighted by Crippen LogP contribution is -2.30. The molecule has 25 heavy (non-hydrogen) atoms. The first kappa shape index (κ1) is 16.8. The van der Waals surface area contributed by atoms with Gasteiger partial charge >= 0.3 is 0 Å². The minimum atomic E-state index is -0.426. The number of nitro benzene ring substituents is 1. The van der Waals surface area contributed by atoms with E-state index >= 15 is 0 Å². The summed E-state index contributed by atoms with van der Waals surface area (Å²) in [4.78, 5) is 23.2. The second-order valence-corrected chi connectivity index (χ2v) is 6.32. The van der Waals surface area contributed by atoms with Crippen LogP contribution in [0.2, 0.25) is 0 Å². The van der Waals surface area contributed by atoms with E-state index in [2.05, 4.69) is 5.10 Å². The van der Waals surface area contributed by atoms with Gasteiger partial charge in [-0.15, -0.1) is 0 Å². The highest BCUT2D eigenvalue weighted by molar-refractivity contribution is 6.03. The van der Waals surface area contributed by atoms with Gasteiger partial charge in [0.2, 0.25) is 5.91 Å². The number of carbonyl (C=O) groups excluding carboxylic acids is 1. The lowest BCUT2D eigenvalue weighted by atomic mass is 9.98. The first-order chi connectivity index (χ1) is 12.0. The van der Waals surface area contributed by atoms with Gasteiger partial charge in [0.1, 0.15) is 0 Å². The van der Waals surface area contributed by atoms with Crippen LogP contribution in [0.3, 0.4) is 0 Å². The highest BCUT2D eigenvalue weighted by Gasteiger charge is 2.34. The number of nitro groups is 1. The lowest BCUT2D eigenvalue weighted by Gasteiger charge is -2.23. The second kappa shape index (κ2) is 6.84. The monoisotopic (exact) mass is 337 g/mol. The van der Waals surface area contributed by atoms with Crippen LogP contribution in [0.15, 0.2) is 59.7 Å². The predicted octanol–water partition coefficient (Wildman–Crippen LogP) is 3.93. The van der Waals surface area contributed by atoms with Gasteiger partial charge in [-0.2, -0.15) is 5.10 Å². The van der Waals surface area contributed by atoms with Crippen molar-refractivity contribution >= 4 is 17.3 Å². The molecule has 0 spiro atoms. The molecule has 128 valence electrons. The van der Waals surface area contributed by atoms with E-state index in [0.29, 0.717) is 17.7 Å². The van der Waals surface area contributed by atoms with Crippen molar-refractivity contribution in [1.29, 1.82) is 0 Å². The number of rotatable bonds is 4.